The van der Waals surface area contributed by atoms with E-state index in [0.29, 0.717) is 21.7 Å². The van der Waals surface area contributed by atoms with Crippen LogP contribution in [0.4, 0.5) is 10.3 Å². The van der Waals surface area contributed by atoms with Crippen LogP contribution in [0.2, 0.25) is 0 Å². The molecule has 0 unspecified atom stereocenters. The maximum Gasteiger partial charge on any atom is 0.267 e. The van der Waals surface area contributed by atoms with Crippen LogP contribution in [-0.4, -0.2) is 45.0 Å². The molecule has 0 saturated carbocycles. The molecule has 2 N–H and O–H groups in total. The summed E-state index contributed by atoms with van der Waals surface area (Å²) < 4.78 is 0. The smallest absolute Gasteiger partial charge is 0.267 e. The van der Waals surface area contributed by atoms with Gasteiger partial charge in [-0.3, -0.25) is 25.1 Å². The molecule has 0 spiro atoms. The van der Waals surface area contributed by atoms with Crippen molar-refractivity contribution in [3.63, 3.8) is 0 Å². The minimum atomic E-state index is -0.139. The van der Waals surface area contributed by atoms with Crippen LogP contribution in [0.1, 0.15) is 25.3 Å². The minimum Gasteiger partial charge on any atom is -0.299 e. The Kier molecular flexibility index (Phi) is 5.25. The fourth-order valence-electron chi connectivity index (χ4n) is 2.71. The third kappa shape index (κ3) is 4.38. The highest BCUT2D eigenvalue weighted by atomic mass is 32.1. The van der Waals surface area contributed by atoms with Crippen LogP contribution < -0.4 is 10.6 Å². The van der Waals surface area contributed by atoms with Crippen molar-refractivity contribution in [3.05, 3.63) is 38.0 Å². The molecule has 11 heteroatoms. The van der Waals surface area contributed by atoms with Crippen molar-refractivity contribution in [1.29, 1.82) is 0 Å². The molecule has 4 heterocycles. The fourth-order valence-corrected chi connectivity index (χ4v) is 4.98. The molecule has 4 rings (SSSR count). The van der Waals surface area contributed by atoms with Gasteiger partial charge in [0.25, 0.3) is 5.91 Å². The maximum atomic E-state index is 12.2. The molecule has 0 aromatic carbocycles. The molecule has 0 atom stereocenters. The second kappa shape index (κ2) is 7.80. The van der Waals surface area contributed by atoms with E-state index in [9.17, 15) is 9.59 Å². The van der Waals surface area contributed by atoms with Gasteiger partial charge in [0.05, 0.1) is 17.1 Å². The highest BCUT2D eigenvalue weighted by Gasteiger charge is 2.23. The first-order valence-electron chi connectivity index (χ1n) is 8.22. The third-order valence-corrected chi connectivity index (χ3v) is 6.54. The number of thiophene rings is 1. The van der Waals surface area contributed by atoms with Crippen LogP contribution in [0.25, 0.3) is 0 Å². The number of thiazole rings is 1. The van der Waals surface area contributed by atoms with Gasteiger partial charge in [0, 0.05) is 24.4 Å². The van der Waals surface area contributed by atoms with E-state index < -0.39 is 0 Å². The van der Waals surface area contributed by atoms with E-state index >= 15 is 0 Å². The molecule has 0 fully saturated rings. The fraction of sp³-hybridized carbons (Fsp3) is 0.312. The van der Waals surface area contributed by atoms with Gasteiger partial charge in [-0.25, -0.2) is 4.98 Å². The minimum absolute atomic E-state index is 0.106. The predicted octanol–water partition coefficient (Wildman–Crippen LogP) is 2.61. The quantitative estimate of drug-likeness (QED) is 0.658. The van der Waals surface area contributed by atoms with Crippen LogP contribution >= 0.6 is 34.0 Å². The van der Waals surface area contributed by atoms with Crippen molar-refractivity contribution < 1.29 is 9.59 Å². The Morgan fingerprint density at radius 3 is 2.85 bits per heavy atom. The van der Waals surface area contributed by atoms with Gasteiger partial charge >= 0.3 is 0 Å². The third-order valence-electron chi connectivity index (χ3n) is 3.92. The summed E-state index contributed by atoms with van der Waals surface area (Å²) in [7, 11) is 0. The van der Waals surface area contributed by atoms with Crippen molar-refractivity contribution in [2.24, 2.45) is 0 Å². The zero-order chi connectivity index (χ0) is 18.8. The summed E-state index contributed by atoms with van der Waals surface area (Å²) in [6.07, 6.45) is 0.756. The van der Waals surface area contributed by atoms with Gasteiger partial charge in [-0.05, 0) is 18.4 Å². The average Bonchev–Trinajstić information content (AvgIpc) is 3.35. The first kappa shape index (κ1) is 18.2. The lowest BCUT2D eigenvalue weighted by Gasteiger charge is -2.24. The number of amides is 2. The predicted molar refractivity (Wildman–Crippen MR) is 107 cm³/mol. The van der Waals surface area contributed by atoms with Gasteiger partial charge in [-0.15, -0.1) is 32.9 Å². The lowest BCUT2D eigenvalue weighted by molar-refractivity contribution is -0.117. The standard InChI is InChI=1S/C16H16N6O2S3/c1-9-20-21-16(26-9)18-13(23)8-22-5-4-10-12(7-22)27-15(17-10)19-14(24)11-3-2-6-25-11/h2-3,6H,4-5,7-8H2,1H3,(H,17,19,24)(H,18,21,23). The highest BCUT2D eigenvalue weighted by molar-refractivity contribution is 7.16. The summed E-state index contributed by atoms with van der Waals surface area (Å²) in [5, 5.41) is 17.2. The Labute approximate surface area is 167 Å². The molecule has 2 amide bonds. The highest BCUT2D eigenvalue weighted by Crippen LogP contribution is 2.29. The number of fused-ring (bicyclic) bond motifs is 1. The summed E-state index contributed by atoms with van der Waals surface area (Å²) in [5.74, 6) is -0.245. The molecular formula is C16H16N6O2S3. The van der Waals surface area contributed by atoms with E-state index in [0.717, 1.165) is 28.5 Å². The molecule has 27 heavy (non-hydrogen) atoms. The van der Waals surface area contributed by atoms with E-state index in [-0.39, 0.29) is 18.4 Å². The largest absolute Gasteiger partial charge is 0.299 e. The molecule has 0 aliphatic carbocycles. The maximum absolute atomic E-state index is 12.2. The topological polar surface area (TPSA) is 100 Å². The molecule has 3 aromatic rings. The molecule has 140 valence electrons. The summed E-state index contributed by atoms with van der Waals surface area (Å²) >= 11 is 4.22. The summed E-state index contributed by atoms with van der Waals surface area (Å²) in [6.45, 7) is 3.52. The van der Waals surface area contributed by atoms with E-state index in [2.05, 4.69) is 30.7 Å². The Morgan fingerprint density at radius 1 is 1.22 bits per heavy atom. The van der Waals surface area contributed by atoms with Crippen LogP contribution in [-0.2, 0) is 17.8 Å². The van der Waals surface area contributed by atoms with E-state index in [1.807, 2.05) is 18.4 Å². The molecule has 1 aliphatic heterocycles. The van der Waals surface area contributed by atoms with Crippen LogP contribution in [0.5, 0.6) is 0 Å². The zero-order valence-electron chi connectivity index (χ0n) is 14.4. The summed E-state index contributed by atoms with van der Waals surface area (Å²) in [6, 6.07) is 3.63. The SMILES string of the molecule is Cc1nnc(NC(=O)CN2CCc3nc(NC(=O)c4cccs4)sc3C2)s1. The molecule has 1 aliphatic rings. The second-order valence-corrected chi connectivity index (χ2v) is 9.17. The van der Waals surface area contributed by atoms with Crippen molar-refractivity contribution in [1.82, 2.24) is 20.1 Å². The number of carbonyl (C=O) groups excluding carboxylic acids is 2. The lowest BCUT2D eigenvalue weighted by atomic mass is 10.2. The average molecular weight is 421 g/mol. The normalized spacial score (nSPS) is 14.0. The van der Waals surface area contributed by atoms with Crippen LogP contribution in [0, 0.1) is 6.92 Å². The number of nitrogens with one attached hydrogen (secondary N) is 2. The van der Waals surface area contributed by atoms with Gasteiger partial charge < -0.3 is 0 Å². The molecule has 0 bridgehead atoms. The van der Waals surface area contributed by atoms with Crippen molar-refractivity contribution in [2.45, 2.75) is 19.9 Å². The summed E-state index contributed by atoms with van der Waals surface area (Å²) in [4.78, 5) is 32.7. The molecule has 8 nitrogen and oxygen atoms in total. The van der Waals surface area contributed by atoms with Gasteiger partial charge in [-0.2, -0.15) is 0 Å². The number of carbonyl (C=O) groups is 2. The number of anilines is 2. The van der Waals surface area contributed by atoms with Gasteiger partial charge in [0.15, 0.2) is 5.13 Å². The zero-order valence-corrected chi connectivity index (χ0v) is 16.8. The lowest BCUT2D eigenvalue weighted by Crippen LogP contribution is -2.36. The number of aryl methyl sites for hydroxylation is 1. The molecular weight excluding hydrogens is 404 g/mol. The number of rotatable bonds is 5. The molecule has 0 saturated heterocycles. The van der Waals surface area contributed by atoms with Crippen molar-refractivity contribution in [3.8, 4) is 0 Å². The van der Waals surface area contributed by atoms with E-state index in [1.54, 1.807) is 6.07 Å². The number of aromatic nitrogens is 3. The molecule has 0 radical (unpaired) electrons. The number of hydrogen-bond donors (Lipinski definition) is 2. The Hall–Kier alpha value is -2.21. The second-order valence-electron chi connectivity index (χ2n) is 5.96. The first-order chi connectivity index (χ1) is 13.1. The Balaban J connectivity index is 1.35. The van der Waals surface area contributed by atoms with Crippen molar-refractivity contribution in [2.75, 3.05) is 23.7 Å². The number of nitrogens with zero attached hydrogens (tertiary/aromatic N) is 4. The van der Waals surface area contributed by atoms with Gasteiger partial charge in [-0.1, -0.05) is 17.4 Å². The van der Waals surface area contributed by atoms with Gasteiger partial charge in [0.2, 0.25) is 11.0 Å². The summed E-state index contributed by atoms with van der Waals surface area (Å²) in [5.41, 5.74) is 0.998. The van der Waals surface area contributed by atoms with Crippen LogP contribution in [0.15, 0.2) is 17.5 Å². The Morgan fingerprint density at radius 2 is 2.11 bits per heavy atom. The first-order valence-corrected chi connectivity index (χ1v) is 10.7. The monoisotopic (exact) mass is 420 g/mol. The van der Waals surface area contributed by atoms with Crippen LogP contribution in [0.3, 0.4) is 0 Å². The van der Waals surface area contributed by atoms with Crippen molar-refractivity contribution >= 4 is 56.1 Å². The molecule has 3 aromatic heterocycles. The van der Waals surface area contributed by atoms with Gasteiger partial charge in [0.1, 0.15) is 5.01 Å². The van der Waals surface area contributed by atoms with E-state index in [1.165, 1.54) is 34.0 Å². The number of hydrogen-bond acceptors (Lipinski definition) is 9. The van der Waals surface area contributed by atoms with E-state index in [4.69, 9.17) is 0 Å². The Bertz CT molecular complexity index is 965.